The summed E-state index contributed by atoms with van der Waals surface area (Å²) in [5.74, 6) is 2.51. The highest BCUT2D eigenvalue weighted by atomic mass is 35.5. The molecule has 0 radical (unpaired) electrons. The summed E-state index contributed by atoms with van der Waals surface area (Å²) in [5.41, 5.74) is 2.96. The molecule has 0 atom stereocenters. The van der Waals surface area contributed by atoms with Crippen LogP contribution in [0.1, 0.15) is 23.9 Å². The second-order valence-electron chi connectivity index (χ2n) is 6.70. The topological polar surface area (TPSA) is 59.8 Å². The summed E-state index contributed by atoms with van der Waals surface area (Å²) in [6, 6.07) is 11.6. The molecule has 0 aliphatic rings. The fraction of sp³-hybridized carbons (Fsp3) is 0.286. The van der Waals surface area contributed by atoms with Crippen LogP contribution in [-0.2, 0) is 22.8 Å². The Kier molecular flexibility index (Phi) is 8.98. The fourth-order valence-electron chi connectivity index (χ4n) is 2.73. The van der Waals surface area contributed by atoms with E-state index in [4.69, 9.17) is 34.8 Å². The van der Waals surface area contributed by atoms with Crippen molar-refractivity contribution in [3.8, 4) is 0 Å². The standard InChI is InChI=1S/C21H21Cl3N4OS2/c1-3-28-19(11-30-10-14-6-4-13(2)5-7-14)26-27-21(28)31-12-20(29)25-18-9-16(23)15(22)8-17(18)24/h4-9H,3,10-12H2,1-2H3,(H,25,29). The Bertz CT molecular complexity index is 1060. The summed E-state index contributed by atoms with van der Waals surface area (Å²) in [4.78, 5) is 12.4. The molecule has 10 heteroatoms. The summed E-state index contributed by atoms with van der Waals surface area (Å²) in [5, 5.41) is 13.0. The van der Waals surface area contributed by atoms with Crippen molar-refractivity contribution in [1.29, 1.82) is 0 Å². The molecule has 3 aromatic rings. The van der Waals surface area contributed by atoms with Crippen molar-refractivity contribution in [2.24, 2.45) is 0 Å². The second kappa shape index (κ2) is 11.5. The lowest BCUT2D eigenvalue weighted by atomic mass is 10.2. The number of aryl methyl sites for hydroxylation is 1. The minimum Gasteiger partial charge on any atom is -0.324 e. The largest absolute Gasteiger partial charge is 0.324 e. The van der Waals surface area contributed by atoms with Crippen molar-refractivity contribution >= 4 is 69.9 Å². The van der Waals surface area contributed by atoms with Gasteiger partial charge in [-0.2, -0.15) is 0 Å². The van der Waals surface area contributed by atoms with E-state index in [2.05, 4.69) is 46.7 Å². The molecule has 164 valence electrons. The minimum absolute atomic E-state index is 0.172. The van der Waals surface area contributed by atoms with Gasteiger partial charge in [0.05, 0.1) is 32.3 Å². The minimum atomic E-state index is -0.216. The van der Waals surface area contributed by atoms with E-state index >= 15 is 0 Å². The van der Waals surface area contributed by atoms with Crippen molar-refractivity contribution in [2.75, 3.05) is 11.1 Å². The van der Waals surface area contributed by atoms with E-state index in [1.54, 1.807) is 11.8 Å². The molecule has 0 unspecified atom stereocenters. The van der Waals surface area contributed by atoms with Gasteiger partial charge in [-0.3, -0.25) is 4.79 Å². The van der Waals surface area contributed by atoms with Crippen molar-refractivity contribution in [2.45, 2.75) is 37.1 Å². The zero-order chi connectivity index (χ0) is 22.4. The summed E-state index contributed by atoms with van der Waals surface area (Å²) in [6.07, 6.45) is 0. The number of benzene rings is 2. The Labute approximate surface area is 205 Å². The van der Waals surface area contributed by atoms with E-state index in [0.717, 1.165) is 23.9 Å². The maximum Gasteiger partial charge on any atom is 0.234 e. The molecule has 1 N–H and O–H groups in total. The number of nitrogens with one attached hydrogen (secondary N) is 1. The smallest absolute Gasteiger partial charge is 0.234 e. The van der Waals surface area contributed by atoms with Crippen molar-refractivity contribution in [3.63, 3.8) is 0 Å². The molecule has 31 heavy (non-hydrogen) atoms. The van der Waals surface area contributed by atoms with Crippen LogP contribution < -0.4 is 5.32 Å². The van der Waals surface area contributed by atoms with Crippen LogP contribution >= 0.6 is 58.3 Å². The molecule has 5 nitrogen and oxygen atoms in total. The SMILES string of the molecule is CCn1c(CSCc2ccc(C)cc2)nnc1SCC(=O)Nc1cc(Cl)c(Cl)cc1Cl. The third-order valence-corrected chi connectivity index (χ3v) is 7.35. The number of anilines is 1. The number of hydrogen-bond acceptors (Lipinski definition) is 5. The molecule has 1 aromatic heterocycles. The molecule has 0 bridgehead atoms. The van der Waals surface area contributed by atoms with Gasteiger partial charge in [-0.05, 0) is 31.5 Å². The van der Waals surface area contributed by atoms with Gasteiger partial charge in [0.1, 0.15) is 5.82 Å². The average Bonchev–Trinajstić information content (AvgIpc) is 3.13. The number of aromatic nitrogens is 3. The molecule has 0 saturated heterocycles. The molecular weight excluding hydrogens is 495 g/mol. The van der Waals surface area contributed by atoms with E-state index < -0.39 is 0 Å². The monoisotopic (exact) mass is 514 g/mol. The third-order valence-electron chi connectivity index (χ3n) is 4.35. The van der Waals surface area contributed by atoms with Gasteiger partial charge in [0.25, 0.3) is 0 Å². The van der Waals surface area contributed by atoms with Crippen LogP contribution in [0.4, 0.5) is 5.69 Å². The number of thioether (sulfide) groups is 2. The van der Waals surface area contributed by atoms with Crippen LogP contribution in [-0.4, -0.2) is 26.4 Å². The van der Waals surface area contributed by atoms with Crippen molar-refractivity contribution < 1.29 is 4.79 Å². The normalized spacial score (nSPS) is 11.0. The van der Waals surface area contributed by atoms with Crippen molar-refractivity contribution in [3.05, 3.63) is 68.4 Å². The van der Waals surface area contributed by atoms with E-state index in [1.165, 1.54) is 35.0 Å². The first kappa shape index (κ1) is 24.3. The summed E-state index contributed by atoms with van der Waals surface area (Å²) < 4.78 is 2.03. The van der Waals surface area contributed by atoms with Gasteiger partial charge in [0.15, 0.2) is 5.16 Å². The van der Waals surface area contributed by atoms with Gasteiger partial charge in [-0.25, -0.2) is 0 Å². The quantitative estimate of drug-likeness (QED) is 0.253. The Morgan fingerprint density at radius 2 is 1.74 bits per heavy atom. The van der Waals surface area contributed by atoms with Gasteiger partial charge >= 0.3 is 0 Å². The van der Waals surface area contributed by atoms with Gasteiger partial charge < -0.3 is 9.88 Å². The first-order chi connectivity index (χ1) is 14.9. The van der Waals surface area contributed by atoms with Gasteiger partial charge in [-0.1, -0.05) is 76.4 Å². The van der Waals surface area contributed by atoms with Crippen LogP contribution in [0.3, 0.4) is 0 Å². The Morgan fingerprint density at radius 3 is 2.45 bits per heavy atom. The molecule has 0 spiro atoms. The summed E-state index contributed by atoms with van der Waals surface area (Å²) in [7, 11) is 0. The van der Waals surface area contributed by atoms with Crippen LogP contribution in [0.15, 0.2) is 41.6 Å². The van der Waals surface area contributed by atoms with E-state index in [1.807, 2.05) is 11.5 Å². The van der Waals surface area contributed by atoms with Crippen molar-refractivity contribution in [1.82, 2.24) is 14.8 Å². The average molecular weight is 516 g/mol. The molecule has 2 aromatic carbocycles. The predicted molar refractivity (Wildman–Crippen MR) is 133 cm³/mol. The number of carbonyl (C=O) groups is 1. The van der Waals surface area contributed by atoms with Crippen LogP contribution in [0.2, 0.25) is 15.1 Å². The van der Waals surface area contributed by atoms with E-state index in [-0.39, 0.29) is 11.7 Å². The third kappa shape index (κ3) is 6.80. The number of rotatable bonds is 9. The van der Waals surface area contributed by atoms with E-state index in [0.29, 0.717) is 25.9 Å². The number of nitrogens with zero attached hydrogens (tertiary/aromatic N) is 3. The zero-order valence-corrected chi connectivity index (χ0v) is 20.9. The molecule has 0 aliphatic carbocycles. The fourth-order valence-corrected chi connectivity index (χ4v) is 5.07. The van der Waals surface area contributed by atoms with Gasteiger partial charge in [-0.15, -0.1) is 22.0 Å². The Hall–Kier alpha value is -1.38. The first-order valence-corrected chi connectivity index (χ1v) is 12.8. The lowest BCUT2D eigenvalue weighted by Crippen LogP contribution is -2.15. The predicted octanol–water partition coefficient (Wildman–Crippen LogP) is 6.73. The number of halogens is 3. The highest BCUT2D eigenvalue weighted by molar-refractivity contribution is 7.99. The lowest BCUT2D eigenvalue weighted by Gasteiger charge is -2.09. The second-order valence-corrected chi connectivity index (χ2v) is 9.85. The lowest BCUT2D eigenvalue weighted by molar-refractivity contribution is -0.113. The first-order valence-electron chi connectivity index (χ1n) is 9.50. The number of amides is 1. The molecule has 0 fully saturated rings. The van der Waals surface area contributed by atoms with Crippen LogP contribution in [0.5, 0.6) is 0 Å². The number of carbonyl (C=O) groups excluding carboxylic acids is 1. The maximum absolute atomic E-state index is 12.4. The van der Waals surface area contributed by atoms with Crippen LogP contribution in [0.25, 0.3) is 0 Å². The molecule has 0 aliphatic heterocycles. The van der Waals surface area contributed by atoms with Gasteiger partial charge in [0, 0.05) is 12.3 Å². The Morgan fingerprint density at radius 1 is 1.03 bits per heavy atom. The van der Waals surface area contributed by atoms with Gasteiger partial charge in [0.2, 0.25) is 5.91 Å². The molecule has 1 amide bonds. The molecular formula is C21H21Cl3N4OS2. The molecule has 1 heterocycles. The summed E-state index contributed by atoms with van der Waals surface area (Å²) in [6.45, 7) is 4.85. The summed E-state index contributed by atoms with van der Waals surface area (Å²) >= 11 is 21.2. The van der Waals surface area contributed by atoms with Crippen LogP contribution in [0, 0.1) is 6.92 Å². The number of hydrogen-bond donors (Lipinski definition) is 1. The molecule has 0 saturated carbocycles. The maximum atomic E-state index is 12.4. The molecule has 3 rings (SSSR count). The van der Waals surface area contributed by atoms with E-state index in [9.17, 15) is 4.79 Å². The highest BCUT2D eigenvalue weighted by Gasteiger charge is 2.15. The highest BCUT2D eigenvalue weighted by Crippen LogP contribution is 2.32. The zero-order valence-electron chi connectivity index (χ0n) is 17.0. The Balaban J connectivity index is 1.54.